The van der Waals surface area contributed by atoms with Crippen molar-refractivity contribution in [3.05, 3.63) is 41.5 Å². The summed E-state index contributed by atoms with van der Waals surface area (Å²) in [6.07, 6.45) is 3.30. The number of amides is 4. The molecule has 0 atom stereocenters. The Hall–Kier alpha value is -3.09. The number of phenols is 1. The number of barbiturate groups is 1. The van der Waals surface area contributed by atoms with E-state index in [1.165, 1.54) is 19.3 Å². The molecule has 0 spiro atoms. The number of rotatable bonds is 4. The van der Waals surface area contributed by atoms with Crippen molar-refractivity contribution in [2.24, 2.45) is 0 Å². The molecule has 1 aromatic rings. The van der Waals surface area contributed by atoms with Crippen LogP contribution in [0.1, 0.15) is 11.1 Å². The van der Waals surface area contributed by atoms with Gasteiger partial charge in [0.25, 0.3) is 11.8 Å². The summed E-state index contributed by atoms with van der Waals surface area (Å²) in [6, 6.07) is 2.22. The molecule has 7 heteroatoms. The minimum absolute atomic E-state index is 0.0303. The molecule has 0 aliphatic carbocycles. The van der Waals surface area contributed by atoms with Crippen molar-refractivity contribution in [3.8, 4) is 11.5 Å². The maximum Gasteiger partial charge on any atom is 0.328 e. The summed E-state index contributed by atoms with van der Waals surface area (Å²) in [5, 5.41) is 14.0. The molecule has 1 aliphatic heterocycles. The van der Waals surface area contributed by atoms with Crippen molar-refractivity contribution in [2.75, 3.05) is 7.11 Å². The summed E-state index contributed by atoms with van der Waals surface area (Å²) in [5.41, 5.74) is 0.798. The van der Waals surface area contributed by atoms with E-state index in [0.29, 0.717) is 17.5 Å². The number of benzene rings is 1. The molecular weight excluding hydrogens is 288 g/mol. The number of imide groups is 2. The van der Waals surface area contributed by atoms with Crippen LogP contribution in [0.5, 0.6) is 11.5 Å². The topological polar surface area (TPSA) is 105 Å². The smallest absolute Gasteiger partial charge is 0.328 e. The lowest BCUT2D eigenvalue weighted by Gasteiger charge is -2.14. The van der Waals surface area contributed by atoms with E-state index in [1.807, 2.05) is 10.6 Å². The Kier molecular flexibility index (Phi) is 4.26. The summed E-state index contributed by atoms with van der Waals surface area (Å²) >= 11 is 0. The first kappa shape index (κ1) is 15.3. The summed E-state index contributed by atoms with van der Waals surface area (Å²) in [4.78, 5) is 34.4. The second-order valence-electron chi connectivity index (χ2n) is 4.52. The van der Waals surface area contributed by atoms with Crippen LogP contribution < -0.4 is 15.4 Å². The van der Waals surface area contributed by atoms with Gasteiger partial charge in [0, 0.05) is 5.56 Å². The predicted octanol–water partition coefficient (Wildman–Crippen LogP) is 0.879. The Morgan fingerprint density at radius 1 is 1.23 bits per heavy atom. The molecule has 1 aromatic carbocycles. The number of carbonyl (C=O) groups is 3. The molecule has 4 amide bonds. The highest BCUT2D eigenvalue weighted by Gasteiger charge is 2.27. The highest BCUT2D eigenvalue weighted by molar-refractivity contribution is 6.31. The minimum Gasteiger partial charge on any atom is -0.504 e. The van der Waals surface area contributed by atoms with Gasteiger partial charge in [-0.2, -0.15) is 0 Å². The predicted molar refractivity (Wildman–Crippen MR) is 78.2 cm³/mol. The van der Waals surface area contributed by atoms with Gasteiger partial charge >= 0.3 is 6.03 Å². The van der Waals surface area contributed by atoms with E-state index >= 15 is 0 Å². The van der Waals surface area contributed by atoms with Crippen LogP contribution in [0.3, 0.4) is 0 Å². The Bertz CT molecular complexity index is 684. The first-order valence-corrected chi connectivity index (χ1v) is 6.35. The standard InChI is InChI=1S/C15H14N2O5/c1-3-4-9-5-8(7-11(22-2)12(9)18)6-10-13(19)16-15(21)17-14(10)20/h3,5-7,18H,1,4H2,2H3,(H2,16,17,19,20,21). The lowest BCUT2D eigenvalue weighted by Crippen LogP contribution is -2.51. The summed E-state index contributed by atoms with van der Waals surface area (Å²) in [5.74, 6) is -1.40. The number of ether oxygens (including phenoxy) is 1. The van der Waals surface area contributed by atoms with E-state index in [9.17, 15) is 19.5 Å². The zero-order valence-electron chi connectivity index (χ0n) is 11.8. The molecule has 1 fully saturated rings. The van der Waals surface area contributed by atoms with Gasteiger partial charge in [-0.3, -0.25) is 20.2 Å². The molecule has 1 heterocycles. The van der Waals surface area contributed by atoms with Crippen molar-refractivity contribution < 1.29 is 24.2 Å². The van der Waals surface area contributed by atoms with Gasteiger partial charge in [-0.05, 0) is 30.2 Å². The zero-order valence-corrected chi connectivity index (χ0v) is 11.8. The van der Waals surface area contributed by atoms with Gasteiger partial charge < -0.3 is 9.84 Å². The molecule has 3 N–H and O–H groups in total. The summed E-state index contributed by atoms with van der Waals surface area (Å²) in [7, 11) is 1.39. The number of methoxy groups -OCH3 is 1. The molecule has 0 saturated carbocycles. The van der Waals surface area contributed by atoms with E-state index in [-0.39, 0.29) is 17.1 Å². The van der Waals surface area contributed by atoms with Crippen LogP contribution >= 0.6 is 0 Å². The van der Waals surface area contributed by atoms with Crippen LogP contribution in [0.2, 0.25) is 0 Å². The van der Waals surface area contributed by atoms with Crippen molar-refractivity contribution >= 4 is 23.9 Å². The second kappa shape index (κ2) is 6.13. The van der Waals surface area contributed by atoms with Crippen LogP contribution in [0.25, 0.3) is 6.08 Å². The van der Waals surface area contributed by atoms with Crippen molar-refractivity contribution in [2.45, 2.75) is 6.42 Å². The van der Waals surface area contributed by atoms with E-state index in [1.54, 1.807) is 12.1 Å². The third-order valence-corrected chi connectivity index (χ3v) is 3.01. The normalized spacial score (nSPS) is 14.2. The minimum atomic E-state index is -0.859. The maximum absolute atomic E-state index is 11.7. The number of hydrogen-bond donors (Lipinski definition) is 3. The van der Waals surface area contributed by atoms with Gasteiger partial charge in [0.1, 0.15) is 5.57 Å². The Balaban J connectivity index is 2.48. The molecule has 22 heavy (non-hydrogen) atoms. The molecule has 0 aromatic heterocycles. The lowest BCUT2D eigenvalue weighted by atomic mass is 10.0. The Labute approximate surface area is 126 Å². The molecule has 1 aliphatic rings. The second-order valence-corrected chi connectivity index (χ2v) is 4.52. The fourth-order valence-corrected chi connectivity index (χ4v) is 2.01. The number of aromatic hydroxyl groups is 1. The Morgan fingerprint density at radius 3 is 2.41 bits per heavy atom. The molecule has 7 nitrogen and oxygen atoms in total. The molecule has 0 unspecified atom stereocenters. The van der Waals surface area contributed by atoms with Gasteiger partial charge in [0.2, 0.25) is 0 Å². The van der Waals surface area contributed by atoms with Gasteiger partial charge in [0.15, 0.2) is 11.5 Å². The van der Waals surface area contributed by atoms with E-state index in [4.69, 9.17) is 4.74 Å². The molecule has 2 rings (SSSR count). The summed E-state index contributed by atoms with van der Waals surface area (Å²) < 4.78 is 5.06. The summed E-state index contributed by atoms with van der Waals surface area (Å²) in [6.45, 7) is 3.60. The van der Waals surface area contributed by atoms with E-state index in [0.717, 1.165) is 0 Å². The van der Waals surface area contributed by atoms with Crippen molar-refractivity contribution in [1.29, 1.82) is 0 Å². The highest BCUT2D eigenvalue weighted by Crippen LogP contribution is 2.32. The highest BCUT2D eigenvalue weighted by atomic mass is 16.5. The van der Waals surface area contributed by atoms with Crippen LogP contribution in [0.15, 0.2) is 30.4 Å². The van der Waals surface area contributed by atoms with Crippen LogP contribution in [0.4, 0.5) is 4.79 Å². The fraction of sp³-hybridized carbons (Fsp3) is 0.133. The molecule has 1 saturated heterocycles. The fourth-order valence-electron chi connectivity index (χ4n) is 2.01. The zero-order chi connectivity index (χ0) is 16.3. The molecule has 114 valence electrons. The first-order valence-electron chi connectivity index (χ1n) is 6.35. The van der Waals surface area contributed by atoms with Crippen molar-refractivity contribution in [3.63, 3.8) is 0 Å². The van der Waals surface area contributed by atoms with E-state index in [2.05, 4.69) is 6.58 Å². The number of hydrogen-bond acceptors (Lipinski definition) is 5. The third kappa shape index (κ3) is 2.98. The molecule has 0 radical (unpaired) electrons. The van der Waals surface area contributed by atoms with Crippen LogP contribution in [0, 0.1) is 0 Å². The van der Waals surface area contributed by atoms with Crippen LogP contribution in [-0.4, -0.2) is 30.1 Å². The number of nitrogens with one attached hydrogen (secondary N) is 2. The SMILES string of the molecule is C=CCc1cc(C=C2C(=O)NC(=O)NC2=O)cc(OC)c1O. The average molecular weight is 302 g/mol. The van der Waals surface area contributed by atoms with Gasteiger partial charge in [-0.15, -0.1) is 6.58 Å². The van der Waals surface area contributed by atoms with Crippen LogP contribution in [-0.2, 0) is 16.0 Å². The number of allylic oxidation sites excluding steroid dienone is 1. The van der Waals surface area contributed by atoms with Crippen molar-refractivity contribution in [1.82, 2.24) is 10.6 Å². The third-order valence-electron chi connectivity index (χ3n) is 3.01. The largest absolute Gasteiger partial charge is 0.504 e. The van der Waals surface area contributed by atoms with E-state index < -0.39 is 17.8 Å². The maximum atomic E-state index is 11.7. The number of phenolic OH excluding ortho intramolecular Hbond substituents is 1. The van der Waals surface area contributed by atoms with Gasteiger partial charge in [-0.25, -0.2) is 4.79 Å². The molecule has 0 bridgehead atoms. The first-order chi connectivity index (χ1) is 10.5. The average Bonchev–Trinajstić information content (AvgIpc) is 2.46. The molecular formula is C15H14N2O5. The number of carbonyl (C=O) groups excluding carboxylic acids is 3. The Morgan fingerprint density at radius 2 is 1.86 bits per heavy atom. The monoisotopic (exact) mass is 302 g/mol. The number of urea groups is 1. The van der Waals surface area contributed by atoms with Gasteiger partial charge in [0.05, 0.1) is 7.11 Å². The van der Waals surface area contributed by atoms with Gasteiger partial charge in [-0.1, -0.05) is 6.08 Å². The quantitative estimate of drug-likeness (QED) is 0.435. The lowest BCUT2D eigenvalue weighted by molar-refractivity contribution is -0.123.